The second-order valence-electron chi connectivity index (χ2n) is 15.9. The van der Waals surface area contributed by atoms with Gasteiger partial charge in [-0.05, 0) is 86.4 Å². The van der Waals surface area contributed by atoms with E-state index in [2.05, 4.69) is 42.5 Å². The topological polar surface area (TPSA) is 96.2 Å². The third kappa shape index (κ3) is 5.53. The van der Waals surface area contributed by atoms with E-state index in [0.717, 1.165) is 6.42 Å². The Balaban J connectivity index is 0.00000289. The molecule has 5 heterocycles. The van der Waals surface area contributed by atoms with Crippen molar-refractivity contribution < 1.29 is 22.4 Å². The standard InChI is InChI=1S/C32H53Cl3N8.Au/c33-21-13-20-22(24(35)23(21)34)32-42-30-19-12-6-5-11-18(19)28(40-30)38-26-15-8-2-1-7-14(15)25(36-26)37-27-16-9-3-4-10-17(16)29(39-27)41-31(20)43-32;/h14-32,36-43H,1-13H2;. The summed E-state index contributed by atoms with van der Waals surface area (Å²) in [6.07, 6.45) is 19.0. The summed E-state index contributed by atoms with van der Waals surface area (Å²) in [4.78, 5) is 0. The Morgan fingerprint density at radius 2 is 0.614 bits per heavy atom. The molecule has 5 saturated heterocycles. The summed E-state index contributed by atoms with van der Waals surface area (Å²) >= 11 is 21.0. The monoisotopic (exact) mass is 851 g/mol. The minimum Gasteiger partial charge on any atom is -0.286 e. The summed E-state index contributed by atoms with van der Waals surface area (Å²) in [5, 5.41) is 32.7. The van der Waals surface area contributed by atoms with Crippen LogP contribution in [0.15, 0.2) is 0 Å². The fraction of sp³-hybridized carbons (Fsp3) is 1.00. The molecule has 0 spiro atoms. The minimum absolute atomic E-state index is 0. The van der Waals surface area contributed by atoms with Gasteiger partial charge >= 0.3 is 0 Å². The molecule has 8 bridgehead atoms. The summed E-state index contributed by atoms with van der Waals surface area (Å²) in [6, 6.07) is 0. The van der Waals surface area contributed by atoms with Crippen LogP contribution < -0.4 is 42.5 Å². The molecule has 12 heteroatoms. The van der Waals surface area contributed by atoms with E-state index in [9.17, 15) is 0 Å². The summed E-state index contributed by atoms with van der Waals surface area (Å²) in [5.74, 6) is 4.51. The van der Waals surface area contributed by atoms with Crippen molar-refractivity contribution in [2.45, 2.75) is 149 Å². The molecule has 4 saturated carbocycles. The van der Waals surface area contributed by atoms with Crippen molar-refractivity contribution in [1.82, 2.24) is 42.5 Å². The van der Waals surface area contributed by atoms with Gasteiger partial charge in [-0.25, -0.2) is 0 Å². The Morgan fingerprint density at radius 1 is 0.341 bits per heavy atom. The van der Waals surface area contributed by atoms with Crippen molar-refractivity contribution >= 4 is 34.8 Å². The van der Waals surface area contributed by atoms with E-state index in [1.165, 1.54) is 77.0 Å². The predicted molar refractivity (Wildman–Crippen MR) is 172 cm³/mol. The van der Waals surface area contributed by atoms with Crippen LogP contribution in [0.25, 0.3) is 0 Å². The second kappa shape index (κ2) is 13.2. The molecule has 19 atom stereocenters. The zero-order chi connectivity index (χ0) is 28.8. The maximum atomic E-state index is 7.22. The summed E-state index contributed by atoms with van der Waals surface area (Å²) in [7, 11) is 0. The van der Waals surface area contributed by atoms with Gasteiger partial charge in [0, 0.05) is 28.3 Å². The molecule has 8 nitrogen and oxygen atoms in total. The van der Waals surface area contributed by atoms with Crippen LogP contribution in [-0.4, -0.2) is 65.5 Å². The number of fused-ring (bicyclic) bond motifs is 20. The minimum atomic E-state index is -0.220. The van der Waals surface area contributed by atoms with Crippen molar-refractivity contribution in [1.29, 1.82) is 0 Å². The summed E-state index contributed by atoms with van der Waals surface area (Å²) in [6.45, 7) is 0. The number of hydrogen-bond acceptors (Lipinski definition) is 8. The van der Waals surface area contributed by atoms with Gasteiger partial charge in [0.1, 0.15) is 0 Å². The molecule has 9 rings (SSSR count). The van der Waals surface area contributed by atoms with E-state index in [1.54, 1.807) is 0 Å². The number of rotatable bonds is 0. The Labute approximate surface area is 294 Å². The van der Waals surface area contributed by atoms with Crippen molar-refractivity contribution in [2.75, 3.05) is 0 Å². The van der Waals surface area contributed by atoms with Crippen molar-refractivity contribution in [3.8, 4) is 0 Å². The van der Waals surface area contributed by atoms with Crippen LogP contribution in [0.2, 0.25) is 0 Å². The number of hydrogen-bond donors (Lipinski definition) is 8. The molecule has 0 aromatic heterocycles. The van der Waals surface area contributed by atoms with Gasteiger partial charge in [-0.15, -0.1) is 34.8 Å². The summed E-state index contributed by atoms with van der Waals surface area (Å²) < 4.78 is 0. The molecule has 19 unspecified atom stereocenters. The van der Waals surface area contributed by atoms with Crippen LogP contribution >= 0.6 is 34.8 Å². The van der Waals surface area contributed by atoms with E-state index in [-0.39, 0.29) is 69.1 Å². The third-order valence-electron chi connectivity index (χ3n) is 13.9. The molecule has 0 amide bonds. The average molecular weight is 853 g/mol. The normalized spacial score (nSPS) is 58.3. The molecule has 9 aliphatic rings. The van der Waals surface area contributed by atoms with Crippen LogP contribution in [-0.2, 0) is 22.4 Å². The molecule has 0 aromatic rings. The number of alkyl halides is 3. The molecule has 1 radical (unpaired) electrons. The average Bonchev–Trinajstić information content (AvgIpc) is 3.75. The zero-order valence-electron chi connectivity index (χ0n) is 25.6. The van der Waals surface area contributed by atoms with Crippen LogP contribution in [0.5, 0.6) is 0 Å². The fourth-order valence-corrected chi connectivity index (χ4v) is 13.1. The quantitative estimate of drug-likeness (QED) is 0.139. The zero-order valence-corrected chi connectivity index (χ0v) is 30.0. The largest absolute Gasteiger partial charge is 0.286 e. The first-order valence-corrected chi connectivity index (χ1v) is 19.3. The second-order valence-corrected chi connectivity index (χ2v) is 17.4. The van der Waals surface area contributed by atoms with Crippen molar-refractivity contribution in [2.24, 2.45) is 47.3 Å². The van der Waals surface area contributed by atoms with Crippen LogP contribution in [0.3, 0.4) is 0 Å². The van der Waals surface area contributed by atoms with Gasteiger partial charge in [-0.3, -0.25) is 42.5 Å². The smallest absolute Gasteiger partial charge is 0.0667 e. The molecule has 44 heavy (non-hydrogen) atoms. The molecule has 5 aliphatic heterocycles. The molecule has 0 aromatic carbocycles. The van der Waals surface area contributed by atoms with E-state index >= 15 is 0 Å². The van der Waals surface area contributed by atoms with Gasteiger partial charge in [-0.1, -0.05) is 38.5 Å². The van der Waals surface area contributed by atoms with Gasteiger partial charge < -0.3 is 0 Å². The Kier molecular flexibility index (Phi) is 9.75. The SMILES string of the molecule is ClC1CC2C3NC4NC(NC5NC(NC6NC(NC(N3)C2C(Cl)C1Cl)C1CCCCC61)C1CCCCC51)C1CCCCC41.[Au]. The molecular weight excluding hydrogens is 800 g/mol. The van der Waals surface area contributed by atoms with Crippen molar-refractivity contribution in [3.63, 3.8) is 0 Å². The van der Waals surface area contributed by atoms with Gasteiger partial charge in [-0.2, -0.15) is 0 Å². The van der Waals surface area contributed by atoms with E-state index in [1.807, 2.05) is 0 Å². The van der Waals surface area contributed by atoms with Crippen LogP contribution in [0, 0.1) is 47.3 Å². The van der Waals surface area contributed by atoms with Crippen LogP contribution in [0.1, 0.15) is 83.5 Å². The molecule has 4 aliphatic carbocycles. The molecule has 253 valence electrons. The number of halogens is 3. The maximum absolute atomic E-state index is 7.22. The third-order valence-corrected chi connectivity index (χ3v) is 15.7. The Bertz CT molecular complexity index is 1030. The molecule has 8 N–H and O–H groups in total. The molecule has 9 fully saturated rings. The fourth-order valence-electron chi connectivity index (χ4n) is 11.9. The van der Waals surface area contributed by atoms with Gasteiger partial charge in [0.05, 0.1) is 65.5 Å². The predicted octanol–water partition coefficient (Wildman–Crippen LogP) is 3.26. The number of nitrogens with one attached hydrogen (secondary N) is 8. The summed E-state index contributed by atoms with van der Waals surface area (Å²) in [5.41, 5.74) is 0. The Hall–Kier alpha value is 1.29. The van der Waals surface area contributed by atoms with Crippen LogP contribution in [0.4, 0.5) is 0 Å². The van der Waals surface area contributed by atoms with Gasteiger partial charge in [0.2, 0.25) is 0 Å². The van der Waals surface area contributed by atoms with Gasteiger partial charge in [0.15, 0.2) is 0 Å². The van der Waals surface area contributed by atoms with E-state index < -0.39 is 0 Å². The molecular formula is C32H53AuCl3N8. The first-order valence-electron chi connectivity index (χ1n) is 18.0. The first-order chi connectivity index (χ1) is 21.0. The first kappa shape index (κ1) is 32.5. The van der Waals surface area contributed by atoms with Crippen molar-refractivity contribution in [3.05, 3.63) is 0 Å². The van der Waals surface area contributed by atoms with E-state index in [4.69, 9.17) is 34.8 Å². The van der Waals surface area contributed by atoms with E-state index in [0.29, 0.717) is 66.1 Å². The Morgan fingerprint density at radius 3 is 0.932 bits per heavy atom. The van der Waals surface area contributed by atoms with Gasteiger partial charge in [0.25, 0.3) is 0 Å². The maximum Gasteiger partial charge on any atom is 0.0667 e.